The van der Waals surface area contributed by atoms with Gasteiger partial charge in [0.05, 0.1) is 25.7 Å². The molecule has 0 radical (unpaired) electrons. The van der Waals surface area contributed by atoms with E-state index in [0.717, 1.165) is 12.1 Å². The fraction of sp³-hybridized carbons (Fsp3) is 0.174. The Hall–Kier alpha value is -4.06. The molecule has 0 saturated carbocycles. The maximum Gasteiger partial charge on any atom is 0.300 e. The molecule has 1 N–H and O–H groups in total. The van der Waals surface area contributed by atoms with Crippen molar-refractivity contribution in [3.05, 3.63) is 82.5 Å². The van der Waals surface area contributed by atoms with E-state index in [0.29, 0.717) is 29.4 Å². The van der Waals surface area contributed by atoms with Crippen molar-refractivity contribution in [1.29, 1.82) is 0 Å². The fourth-order valence-electron chi connectivity index (χ4n) is 3.38. The van der Waals surface area contributed by atoms with Crippen LogP contribution in [-0.2, 0) is 15.8 Å². The Morgan fingerprint density at radius 1 is 1.06 bits per heavy atom. The molecule has 0 aliphatic rings. The largest absolute Gasteiger partial charge is 0.487 e. The van der Waals surface area contributed by atoms with Crippen LogP contribution in [0.25, 0.3) is 16.8 Å². The zero-order valence-corrected chi connectivity index (χ0v) is 19.5. The summed E-state index contributed by atoms with van der Waals surface area (Å²) in [4.78, 5) is 21.0. The van der Waals surface area contributed by atoms with Gasteiger partial charge < -0.3 is 9.47 Å². The SMILES string of the molecule is CCOc1cnc2ccc(-c3cnc(OC)c(NS(=O)(=O)Cc4ccc(F)cc4F)c3)cn2c1=O. The van der Waals surface area contributed by atoms with Gasteiger partial charge in [-0.05, 0) is 31.2 Å². The molecule has 1 aromatic carbocycles. The maximum atomic E-state index is 14.0. The topological polar surface area (TPSA) is 112 Å². The van der Waals surface area contributed by atoms with Gasteiger partial charge >= 0.3 is 0 Å². The number of ether oxygens (including phenoxy) is 2. The lowest BCUT2D eigenvalue weighted by molar-refractivity contribution is 0.333. The predicted molar refractivity (Wildman–Crippen MR) is 125 cm³/mol. The van der Waals surface area contributed by atoms with E-state index in [1.54, 1.807) is 19.1 Å². The summed E-state index contributed by atoms with van der Waals surface area (Å²) >= 11 is 0. The van der Waals surface area contributed by atoms with Gasteiger partial charge in [0.1, 0.15) is 23.0 Å². The van der Waals surface area contributed by atoms with Crippen LogP contribution in [0.4, 0.5) is 14.5 Å². The van der Waals surface area contributed by atoms with Crippen LogP contribution in [0.3, 0.4) is 0 Å². The zero-order valence-electron chi connectivity index (χ0n) is 18.7. The third-order valence-corrected chi connectivity index (χ3v) is 6.20. The Labute approximate surface area is 199 Å². The van der Waals surface area contributed by atoms with Gasteiger partial charge in [-0.25, -0.2) is 27.2 Å². The average molecular weight is 502 g/mol. The standard InChI is InChI=1S/C23H20F2N4O5S/c1-3-34-20-11-26-21-7-5-14(12-29(21)23(20)30)16-8-19(22(33-2)27-10-16)28-35(31,32)13-15-4-6-17(24)9-18(15)25/h4-12,28H,3,13H2,1-2H3. The molecule has 0 atom stereocenters. The second-order valence-electron chi connectivity index (χ2n) is 7.38. The molecule has 3 aromatic heterocycles. The minimum absolute atomic E-state index is 0.00107. The molecule has 182 valence electrons. The number of halogens is 2. The lowest BCUT2D eigenvalue weighted by Crippen LogP contribution is -2.18. The summed E-state index contributed by atoms with van der Waals surface area (Å²) in [5.41, 5.74) is 0.797. The van der Waals surface area contributed by atoms with E-state index < -0.39 is 33.0 Å². The molecule has 0 amide bonds. The summed E-state index contributed by atoms with van der Waals surface area (Å²) in [5, 5.41) is 0. The first-order valence-electron chi connectivity index (χ1n) is 10.3. The fourth-order valence-corrected chi connectivity index (χ4v) is 4.57. The summed E-state index contributed by atoms with van der Waals surface area (Å²) in [6.07, 6.45) is 4.33. The van der Waals surface area contributed by atoms with E-state index in [2.05, 4.69) is 14.7 Å². The van der Waals surface area contributed by atoms with Gasteiger partial charge in [-0.1, -0.05) is 6.07 Å². The minimum atomic E-state index is -4.12. The number of methoxy groups -OCH3 is 1. The number of anilines is 1. The molecular formula is C23H20F2N4O5S. The highest BCUT2D eigenvalue weighted by Gasteiger charge is 2.19. The molecular weight excluding hydrogens is 482 g/mol. The number of aromatic nitrogens is 3. The van der Waals surface area contributed by atoms with Crippen molar-refractivity contribution in [2.24, 2.45) is 0 Å². The molecule has 0 bridgehead atoms. The van der Waals surface area contributed by atoms with Crippen LogP contribution < -0.4 is 19.8 Å². The van der Waals surface area contributed by atoms with Gasteiger partial charge in [-0.2, -0.15) is 0 Å². The Balaban J connectivity index is 1.70. The second-order valence-corrected chi connectivity index (χ2v) is 9.11. The van der Waals surface area contributed by atoms with Crippen molar-refractivity contribution < 1.29 is 26.7 Å². The number of sulfonamides is 1. The van der Waals surface area contributed by atoms with Crippen molar-refractivity contribution in [3.63, 3.8) is 0 Å². The summed E-state index contributed by atoms with van der Waals surface area (Å²) in [5.74, 6) is -2.44. The third kappa shape index (κ3) is 5.22. The van der Waals surface area contributed by atoms with E-state index in [1.165, 1.54) is 36.2 Å². The highest BCUT2D eigenvalue weighted by atomic mass is 32.2. The molecule has 0 unspecified atom stereocenters. The normalized spacial score (nSPS) is 11.4. The quantitative estimate of drug-likeness (QED) is 0.393. The first kappa shape index (κ1) is 24.1. The van der Waals surface area contributed by atoms with Gasteiger partial charge in [0.15, 0.2) is 0 Å². The van der Waals surface area contributed by atoms with Gasteiger partial charge in [0, 0.05) is 35.2 Å². The zero-order chi connectivity index (χ0) is 25.2. The van der Waals surface area contributed by atoms with E-state index in [1.807, 2.05) is 0 Å². The van der Waals surface area contributed by atoms with E-state index >= 15 is 0 Å². The number of nitrogens with one attached hydrogen (secondary N) is 1. The smallest absolute Gasteiger partial charge is 0.300 e. The summed E-state index contributed by atoms with van der Waals surface area (Å²) in [7, 11) is -2.81. The summed E-state index contributed by atoms with van der Waals surface area (Å²) < 4.78 is 66.7. The highest BCUT2D eigenvalue weighted by Crippen LogP contribution is 2.29. The molecule has 12 heteroatoms. The molecule has 35 heavy (non-hydrogen) atoms. The van der Waals surface area contributed by atoms with Crippen molar-refractivity contribution in [2.75, 3.05) is 18.4 Å². The highest BCUT2D eigenvalue weighted by molar-refractivity contribution is 7.91. The lowest BCUT2D eigenvalue weighted by Gasteiger charge is -2.13. The number of hydrogen-bond acceptors (Lipinski definition) is 7. The van der Waals surface area contributed by atoms with Crippen LogP contribution in [0.5, 0.6) is 11.6 Å². The van der Waals surface area contributed by atoms with Crippen molar-refractivity contribution in [2.45, 2.75) is 12.7 Å². The Bertz CT molecular complexity index is 1570. The molecule has 0 aliphatic heterocycles. The van der Waals surface area contributed by atoms with Crippen LogP contribution in [0.2, 0.25) is 0 Å². The van der Waals surface area contributed by atoms with Crippen molar-refractivity contribution in [3.8, 4) is 22.8 Å². The minimum Gasteiger partial charge on any atom is -0.487 e. The average Bonchev–Trinajstić information content (AvgIpc) is 2.82. The van der Waals surface area contributed by atoms with Crippen LogP contribution in [0.15, 0.2) is 59.8 Å². The van der Waals surface area contributed by atoms with Gasteiger partial charge in [-0.15, -0.1) is 0 Å². The number of rotatable bonds is 8. The molecule has 0 saturated heterocycles. The predicted octanol–water partition coefficient (Wildman–Crippen LogP) is 3.38. The van der Waals surface area contributed by atoms with Crippen LogP contribution in [0, 0.1) is 11.6 Å². The molecule has 9 nitrogen and oxygen atoms in total. The molecule has 0 fully saturated rings. The summed E-state index contributed by atoms with van der Waals surface area (Å²) in [6.45, 7) is 2.05. The van der Waals surface area contributed by atoms with Crippen LogP contribution in [0.1, 0.15) is 12.5 Å². The number of hydrogen-bond donors (Lipinski definition) is 1. The number of benzene rings is 1. The summed E-state index contributed by atoms with van der Waals surface area (Å²) in [6, 6.07) is 7.44. The Kier molecular flexibility index (Phi) is 6.65. The van der Waals surface area contributed by atoms with Crippen molar-refractivity contribution in [1.82, 2.24) is 14.4 Å². The van der Waals surface area contributed by atoms with E-state index in [9.17, 15) is 22.0 Å². The molecule has 4 aromatic rings. The van der Waals surface area contributed by atoms with Gasteiger partial charge in [0.25, 0.3) is 5.56 Å². The van der Waals surface area contributed by atoms with E-state index in [4.69, 9.17) is 9.47 Å². The number of fused-ring (bicyclic) bond motifs is 1. The first-order valence-corrected chi connectivity index (χ1v) is 12.0. The third-order valence-electron chi connectivity index (χ3n) is 4.97. The van der Waals surface area contributed by atoms with Gasteiger partial charge in [-0.3, -0.25) is 13.9 Å². The first-order chi connectivity index (χ1) is 16.7. The molecule has 0 spiro atoms. The maximum absolute atomic E-state index is 14.0. The molecule has 4 rings (SSSR count). The Morgan fingerprint density at radius 2 is 1.86 bits per heavy atom. The van der Waals surface area contributed by atoms with Crippen LogP contribution >= 0.6 is 0 Å². The molecule has 3 heterocycles. The van der Waals surface area contributed by atoms with Gasteiger partial charge in [0.2, 0.25) is 21.7 Å². The molecule has 0 aliphatic carbocycles. The number of nitrogens with zero attached hydrogens (tertiary/aromatic N) is 3. The van der Waals surface area contributed by atoms with Crippen LogP contribution in [-0.4, -0.2) is 36.5 Å². The Morgan fingerprint density at radius 3 is 2.57 bits per heavy atom. The monoisotopic (exact) mass is 502 g/mol. The number of pyridine rings is 2. The van der Waals surface area contributed by atoms with E-state index in [-0.39, 0.29) is 22.9 Å². The second kappa shape index (κ2) is 9.66. The van der Waals surface area contributed by atoms with Crippen molar-refractivity contribution >= 4 is 21.4 Å². The lowest BCUT2D eigenvalue weighted by atomic mass is 10.1.